The molecule has 1 aliphatic rings. The molecule has 0 radical (unpaired) electrons. The molecule has 1 atom stereocenters. The molecule has 3 nitrogen and oxygen atoms in total. The lowest BCUT2D eigenvalue weighted by Crippen LogP contribution is -2.33. The van der Waals surface area contributed by atoms with Crippen LogP contribution in [0.25, 0.3) is 0 Å². The van der Waals surface area contributed by atoms with Crippen molar-refractivity contribution >= 4 is 0 Å². The summed E-state index contributed by atoms with van der Waals surface area (Å²) in [6.07, 6.45) is 2.46. The molecular weight excluding hydrogens is 250 g/mol. The zero-order valence-corrected chi connectivity index (χ0v) is 12.9. The zero-order valence-electron chi connectivity index (χ0n) is 12.9. The molecule has 1 unspecified atom stereocenters. The lowest BCUT2D eigenvalue weighted by Gasteiger charge is -2.29. The van der Waals surface area contributed by atoms with E-state index in [0.29, 0.717) is 12.1 Å². The summed E-state index contributed by atoms with van der Waals surface area (Å²) in [5, 5.41) is 3.49. The number of nitrogens with one attached hydrogen (secondary N) is 1. The Morgan fingerprint density at radius 1 is 1.20 bits per heavy atom. The van der Waals surface area contributed by atoms with Crippen molar-refractivity contribution in [2.24, 2.45) is 0 Å². The highest BCUT2D eigenvalue weighted by atomic mass is 16.5. The summed E-state index contributed by atoms with van der Waals surface area (Å²) in [6.45, 7) is 8.95. The van der Waals surface area contributed by atoms with E-state index in [1.54, 1.807) is 0 Å². The summed E-state index contributed by atoms with van der Waals surface area (Å²) < 4.78 is 11.7. The summed E-state index contributed by atoms with van der Waals surface area (Å²) >= 11 is 0. The van der Waals surface area contributed by atoms with Crippen molar-refractivity contribution in [3.63, 3.8) is 0 Å². The van der Waals surface area contributed by atoms with Crippen LogP contribution >= 0.6 is 0 Å². The highest BCUT2D eigenvalue weighted by molar-refractivity contribution is 5.23. The highest BCUT2D eigenvalue weighted by Crippen LogP contribution is 2.23. The van der Waals surface area contributed by atoms with Crippen LogP contribution in [0.5, 0.6) is 0 Å². The average Bonchev–Trinajstić information content (AvgIpc) is 2.45. The van der Waals surface area contributed by atoms with Gasteiger partial charge in [0.2, 0.25) is 0 Å². The molecule has 1 aromatic rings. The maximum absolute atomic E-state index is 6.33. The fraction of sp³-hybridized carbons (Fsp3) is 0.647. The molecule has 3 heteroatoms. The first-order valence-corrected chi connectivity index (χ1v) is 7.68. The van der Waals surface area contributed by atoms with Gasteiger partial charge in [0.25, 0.3) is 0 Å². The number of benzene rings is 1. The van der Waals surface area contributed by atoms with Crippen molar-refractivity contribution in [3.8, 4) is 0 Å². The Morgan fingerprint density at radius 3 is 2.45 bits per heavy atom. The Labute approximate surface area is 122 Å². The van der Waals surface area contributed by atoms with E-state index in [2.05, 4.69) is 50.4 Å². The third-order valence-electron chi connectivity index (χ3n) is 3.69. The van der Waals surface area contributed by atoms with Crippen LogP contribution in [0.1, 0.15) is 43.9 Å². The Bertz CT molecular complexity index is 382. The van der Waals surface area contributed by atoms with E-state index in [0.717, 1.165) is 32.6 Å². The molecule has 0 aliphatic carbocycles. The van der Waals surface area contributed by atoms with Crippen molar-refractivity contribution in [1.82, 2.24) is 5.32 Å². The summed E-state index contributed by atoms with van der Waals surface area (Å²) in [4.78, 5) is 0. The van der Waals surface area contributed by atoms with Gasteiger partial charge in [-0.25, -0.2) is 0 Å². The minimum absolute atomic E-state index is 0.126. The van der Waals surface area contributed by atoms with Crippen LogP contribution in [0.4, 0.5) is 0 Å². The number of rotatable bonds is 6. The molecule has 0 bridgehead atoms. The van der Waals surface area contributed by atoms with E-state index in [1.807, 2.05) is 0 Å². The van der Waals surface area contributed by atoms with Crippen LogP contribution in [-0.2, 0) is 9.47 Å². The van der Waals surface area contributed by atoms with Gasteiger partial charge in [0, 0.05) is 25.8 Å². The molecule has 20 heavy (non-hydrogen) atoms. The van der Waals surface area contributed by atoms with Gasteiger partial charge >= 0.3 is 0 Å². The van der Waals surface area contributed by atoms with E-state index in [-0.39, 0.29) is 6.10 Å². The molecule has 1 aromatic carbocycles. The Kier molecular flexibility index (Phi) is 6.02. The summed E-state index contributed by atoms with van der Waals surface area (Å²) in [7, 11) is 0. The second-order valence-corrected chi connectivity index (χ2v) is 5.91. The van der Waals surface area contributed by atoms with Crippen molar-refractivity contribution < 1.29 is 9.47 Å². The predicted molar refractivity (Wildman–Crippen MR) is 82.0 cm³/mol. The number of ether oxygens (including phenoxy) is 2. The second kappa shape index (κ2) is 7.77. The topological polar surface area (TPSA) is 30.5 Å². The fourth-order valence-electron chi connectivity index (χ4n) is 2.41. The molecule has 112 valence electrons. The average molecular weight is 277 g/mol. The first-order chi connectivity index (χ1) is 9.65. The van der Waals surface area contributed by atoms with E-state index >= 15 is 0 Å². The van der Waals surface area contributed by atoms with E-state index in [9.17, 15) is 0 Å². The number of aryl methyl sites for hydroxylation is 1. The maximum Gasteiger partial charge on any atom is 0.0953 e. The van der Waals surface area contributed by atoms with Crippen LogP contribution in [0, 0.1) is 6.92 Å². The number of hydrogen-bond acceptors (Lipinski definition) is 3. The molecule has 1 fully saturated rings. The first-order valence-electron chi connectivity index (χ1n) is 7.68. The molecule has 1 heterocycles. The Hall–Kier alpha value is -0.900. The van der Waals surface area contributed by atoms with Gasteiger partial charge in [-0.15, -0.1) is 0 Å². The summed E-state index contributed by atoms with van der Waals surface area (Å²) in [5.74, 6) is 0. The molecule has 1 saturated heterocycles. The second-order valence-electron chi connectivity index (χ2n) is 5.91. The highest BCUT2D eigenvalue weighted by Gasteiger charge is 2.21. The molecular formula is C17H27NO2. The van der Waals surface area contributed by atoms with Crippen molar-refractivity contribution in [2.45, 2.75) is 51.9 Å². The van der Waals surface area contributed by atoms with Crippen LogP contribution in [0.15, 0.2) is 24.3 Å². The van der Waals surface area contributed by atoms with Crippen molar-refractivity contribution in [2.75, 3.05) is 19.8 Å². The third-order valence-corrected chi connectivity index (χ3v) is 3.69. The van der Waals surface area contributed by atoms with Gasteiger partial charge in [-0.1, -0.05) is 43.7 Å². The van der Waals surface area contributed by atoms with Gasteiger partial charge in [0.15, 0.2) is 0 Å². The fourth-order valence-corrected chi connectivity index (χ4v) is 2.41. The van der Waals surface area contributed by atoms with Gasteiger partial charge < -0.3 is 14.8 Å². The van der Waals surface area contributed by atoms with Crippen LogP contribution < -0.4 is 5.32 Å². The molecule has 1 N–H and O–H groups in total. The minimum atomic E-state index is 0.126. The molecule has 0 spiro atoms. The summed E-state index contributed by atoms with van der Waals surface area (Å²) in [5.41, 5.74) is 2.55. The predicted octanol–water partition coefficient (Wildman–Crippen LogP) is 3.23. The monoisotopic (exact) mass is 277 g/mol. The zero-order chi connectivity index (χ0) is 14.4. The summed E-state index contributed by atoms with van der Waals surface area (Å²) in [6, 6.07) is 9.15. The lowest BCUT2D eigenvalue weighted by molar-refractivity contribution is -0.0693. The van der Waals surface area contributed by atoms with Gasteiger partial charge in [0.1, 0.15) is 0 Å². The largest absolute Gasteiger partial charge is 0.381 e. The van der Waals surface area contributed by atoms with E-state index in [1.165, 1.54) is 11.1 Å². The molecule has 0 aromatic heterocycles. The van der Waals surface area contributed by atoms with Gasteiger partial charge in [0.05, 0.1) is 12.2 Å². The molecule has 2 rings (SSSR count). The maximum atomic E-state index is 6.33. The first kappa shape index (κ1) is 15.5. The van der Waals surface area contributed by atoms with Gasteiger partial charge in [-0.05, 0) is 25.3 Å². The van der Waals surface area contributed by atoms with Crippen LogP contribution in [-0.4, -0.2) is 31.9 Å². The Balaban J connectivity index is 2.00. The van der Waals surface area contributed by atoms with Crippen LogP contribution in [0.2, 0.25) is 0 Å². The quantitative estimate of drug-likeness (QED) is 0.866. The SMILES string of the molecule is Cc1ccc(C(CNC(C)C)OC2CCOCC2)cc1. The smallest absolute Gasteiger partial charge is 0.0953 e. The van der Waals surface area contributed by atoms with Gasteiger partial charge in [-0.2, -0.15) is 0 Å². The lowest BCUT2D eigenvalue weighted by atomic mass is 10.1. The molecule has 0 saturated carbocycles. The minimum Gasteiger partial charge on any atom is -0.381 e. The normalized spacial score (nSPS) is 18.4. The van der Waals surface area contributed by atoms with E-state index in [4.69, 9.17) is 9.47 Å². The van der Waals surface area contributed by atoms with Crippen molar-refractivity contribution in [1.29, 1.82) is 0 Å². The number of hydrogen-bond donors (Lipinski definition) is 1. The van der Waals surface area contributed by atoms with Crippen molar-refractivity contribution in [3.05, 3.63) is 35.4 Å². The Morgan fingerprint density at radius 2 is 1.85 bits per heavy atom. The standard InChI is InChI=1S/C17H27NO2/c1-13(2)18-12-17(15-6-4-14(3)5-7-15)20-16-8-10-19-11-9-16/h4-7,13,16-18H,8-12H2,1-3H3. The molecule has 1 aliphatic heterocycles. The van der Waals surface area contributed by atoms with Crippen LogP contribution in [0.3, 0.4) is 0 Å². The third kappa shape index (κ3) is 4.89. The van der Waals surface area contributed by atoms with E-state index < -0.39 is 0 Å². The van der Waals surface area contributed by atoms with Gasteiger partial charge in [-0.3, -0.25) is 0 Å². The molecule has 0 amide bonds.